The van der Waals surface area contributed by atoms with Crippen molar-refractivity contribution in [1.29, 1.82) is 0 Å². The van der Waals surface area contributed by atoms with Crippen LogP contribution in [0.25, 0.3) is 0 Å². The molecule has 6 heteroatoms. The van der Waals surface area contributed by atoms with Gasteiger partial charge in [-0.25, -0.2) is 4.39 Å². The SMILES string of the molecule is CC(=O)N[C@H](CC(=O)O)c1cc(F)cc(Cl)c1. The van der Waals surface area contributed by atoms with Gasteiger partial charge in [-0.2, -0.15) is 0 Å². The number of amides is 1. The van der Waals surface area contributed by atoms with Crippen LogP contribution in [0.3, 0.4) is 0 Å². The molecular formula is C11H11ClFNO3. The third-order valence-corrected chi connectivity index (χ3v) is 2.26. The first kappa shape index (κ1) is 13.4. The van der Waals surface area contributed by atoms with Crippen molar-refractivity contribution >= 4 is 23.5 Å². The third-order valence-electron chi connectivity index (χ3n) is 2.04. The van der Waals surface area contributed by atoms with Gasteiger partial charge in [-0.3, -0.25) is 9.59 Å². The van der Waals surface area contributed by atoms with Crippen LogP contribution in [-0.4, -0.2) is 17.0 Å². The second-order valence-electron chi connectivity index (χ2n) is 3.55. The van der Waals surface area contributed by atoms with Crippen molar-refractivity contribution in [2.24, 2.45) is 0 Å². The molecule has 1 aromatic carbocycles. The molecule has 0 aliphatic carbocycles. The molecule has 4 nitrogen and oxygen atoms in total. The molecule has 0 aliphatic heterocycles. The highest BCUT2D eigenvalue weighted by molar-refractivity contribution is 6.30. The third kappa shape index (κ3) is 4.40. The molecule has 0 spiro atoms. The van der Waals surface area contributed by atoms with E-state index in [1.165, 1.54) is 13.0 Å². The standard InChI is InChI=1S/C11H11ClFNO3/c1-6(15)14-10(5-11(16)17)7-2-8(12)4-9(13)3-7/h2-4,10H,5H2,1H3,(H,14,15)(H,16,17)/t10-/m1/s1. The maximum Gasteiger partial charge on any atom is 0.305 e. The summed E-state index contributed by atoms with van der Waals surface area (Å²) in [6, 6.07) is 2.89. The smallest absolute Gasteiger partial charge is 0.305 e. The lowest BCUT2D eigenvalue weighted by Crippen LogP contribution is -2.28. The van der Waals surface area contributed by atoms with Crippen molar-refractivity contribution in [3.8, 4) is 0 Å². The van der Waals surface area contributed by atoms with Crippen LogP contribution in [0.5, 0.6) is 0 Å². The largest absolute Gasteiger partial charge is 0.481 e. The molecule has 1 aromatic rings. The fourth-order valence-electron chi connectivity index (χ4n) is 1.45. The van der Waals surface area contributed by atoms with E-state index >= 15 is 0 Å². The van der Waals surface area contributed by atoms with Gasteiger partial charge in [0.1, 0.15) is 5.82 Å². The minimum absolute atomic E-state index is 0.153. The van der Waals surface area contributed by atoms with Crippen LogP contribution in [0.1, 0.15) is 24.9 Å². The van der Waals surface area contributed by atoms with Gasteiger partial charge in [0.2, 0.25) is 5.91 Å². The van der Waals surface area contributed by atoms with E-state index in [0.29, 0.717) is 5.56 Å². The van der Waals surface area contributed by atoms with Crippen LogP contribution in [-0.2, 0) is 9.59 Å². The van der Waals surface area contributed by atoms with Crippen LogP contribution in [0.2, 0.25) is 5.02 Å². The molecule has 0 aliphatic rings. The highest BCUT2D eigenvalue weighted by atomic mass is 35.5. The summed E-state index contributed by atoms with van der Waals surface area (Å²) in [5, 5.41) is 11.3. The Kier molecular flexibility index (Phi) is 4.45. The summed E-state index contributed by atoms with van der Waals surface area (Å²) in [6.07, 6.45) is -0.334. The van der Waals surface area contributed by atoms with Crippen LogP contribution >= 0.6 is 11.6 Å². The topological polar surface area (TPSA) is 66.4 Å². The predicted octanol–water partition coefficient (Wildman–Crippen LogP) is 2.13. The molecule has 1 rings (SSSR count). The first-order chi connectivity index (χ1) is 7.88. The Hall–Kier alpha value is -1.62. The molecule has 0 bridgehead atoms. The number of hydrogen-bond donors (Lipinski definition) is 2. The van der Waals surface area contributed by atoms with Crippen LogP contribution in [0.15, 0.2) is 18.2 Å². The van der Waals surface area contributed by atoms with Crippen LogP contribution in [0, 0.1) is 5.82 Å². The molecule has 0 heterocycles. The first-order valence-corrected chi connectivity index (χ1v) is 5.21. The van der Waals surface area contributed by atoms with E-state index in [1.54, 1.807) is 0 Å². The van der Waals surface area contributed by atoms with E-state index in [4.69, 9.17) is 16.7 Å². The number of hydrogen-bond acceptors (Lipinski definition) is 2. The fraction of sp³-hybridized carbons (Fsp3) is 0.273. The van der Waals surface area contributed by atoms with E-state index in [2.05, 4.69) is 5.32 Å². The molecule has 0 unspecified atom stereocenters. The monoisotopic (exact) mass is 259 g/mol. The van der Waals surface area contributed by atoms with Gasteiger partial charge in [-0.05, 0) is 23.8 Å². The number of rotatable bonds is 4. The zero-order chi connectivity index (χ0) is 13.0. The summed E-state index contributed by atoms with van der Waals surface area (Å²) >= 11 is 5.67. The van der Waals surface area contributed by atoms with Crippen LogP contribution < -0.4 is 5.32 Å². The number of aliphatic carboxylic acids is 1. The Balaban J connectivity index is 3.02. The zero-order valence-corrected chi connectivity index (χ0v) is 9.79. The molecule has 0 saturated carbocycles. The number of benzene rings is 1. The lowest BCUT2D eigenvalue weighted by Gasteiger charge is -2.16. The van der Waals surface area contributed by atoms with Crippen LogP contribution in [0.4, 0.5) is 4.39 Å². The summed E-state index contributed by atoms with van der Waals surface area (Å²) in [7, 11) is 0. The Labute approximate surface area is 102 Å². The van der Waals surface area contributed by atoms with Gasteiger partial charge in [-0.15, -0.1) is 0 Å². The second kappa shape index (κ2) is 5.63. The molecule has 0 radical (unpaired) electrons. The van der Waals surface area contributed by atoms with Gasteiger partial charge >= 0.3 is 5.97 Å². The number of carboxylic acid groups (broad SMARTS) is 1. The number of carbonyl (C=O) groups excluding carboxylic acids is 1. The number of halogens is 2. The molecule has 0 fully saturated rings. The average Bonchev–Trinajstić information content (AvgIpc) is 2.13. The quantitative estimate of drug-likeness (QED) is 0.870. The first-order valence-electron chi connectivity index (χ1n) is 4.83. The molecule has 0 saturated heterocycles. The molecule has 0 aromatic heterocycles. The van der Waals surface area contributed by atoms with Gasteiger partial charge < -0.3 is 10.4 Å². The van der Waals surface area contributed by atoms with E-state index in [-0.39, 0.29) is 11.4 Å². The number of nitrogens with one attached hydrogen (secondary N) is 1. The summed E-state index contributed by atoms with van der Waals surface area (Å²) in [4.78, 5) is 21.6. The van der Waals surface area contributed by atoms with Crippen molar-refractivity contribution in [3.63, 3.8) is 0 Å². The van der Waals surface area contributed by atoms with Gasteiger partial charge in [-0.1, -0.05) is 11.6 Å². The van der Waals surface area contributed by atoms with Gasteiger partial charge in [0.15, 0.2) is 0 Å². The summed E-state index contributed by atoms with van der Waals surface area (Å²) < 4.78 is 13.1. The average molecular weight is 260 g/mol. The van der Waals surface area contributed by atoms with Crippen molar-refractivity contribution in [2.75, 3.05) is 0 Å². The maximum atomic E-state index is 13.1. The van der Waals surface area contributed by atoms with Gasteiger partial charge in [0, 0.05) is 11.9 Å². The van der Waals surface area contributed by atoms with Crippen molar-refractivity contribution < 1.29 is 19.1 Å². The highest BCUT2D eigenvalue weighted by Gasteiger charge is 2.17. The second-order valence-corrected chi connectivity index (χ2v) is 3.99. The number of carbonyl (C=O) groups is 2. The lowest BCUT2D eigenvalue weighted by molar-refractivity contribution is -0.137. The van der Waals surface area contributed by atoms with Crippen molar-refractivity contribution in [2.45, 2.75) is 19.4 Å². The minimum Gasteiger partial charge on any atom is -0.481 e. The molecule has 17 heavy (non-hydrogen) atoms. The normalized spacial score (nSPS) is 11.9. The molecule has 1 atom stereocenters. The Bertz CT molecular complexity index is 414. The minimum atomic E-state index is -1.09. The zero-order valence-electron chi connectivity index (χ0n) is 9.04. The van der Waals surface area contributed by atoms with E-state index < -0.39 is 23.7 Å². The Morgan fingerprint density at radius 2 is 2.12 bits per heavy atom. The highest BCUT2D eigenvalue weighted by Crippen LogP contribution is 2.22. The van der Waals surface area contributed by atoms with Crippen molar-refractivity contribution in [1.82, 2.24) is 5.32 Å². The Morgan fingerprint density at radius 1 is 1.47 bits per heavy atom. The molecular weight excluding hydrogens is 249 g/mol. The maximum absolute atomic E-state index is 13.1. The van der Waals surface area contributed by atoms with Gasteiger partial charge in [0.05, 0.1) is 12.5 Å². The predicted molar refractivity (Wildman–Crippen MR) is 60.2 cm³/mol. The fourth-order valence-corrected chi connectivity index (χ4v) is 1.68. The van der Waals surface area contributed by atoms with E-state index in [0.717, 1.165) is 12.1 Å². The van der Waals surface area contributed by atoms with E-state index in [1.807, 2.05) is 0 Å². The summed E-state index contributed by atoms with van der Waals surface area (Å²) in [6.45, 7) is 1.26. The summed E-state index contributed by atoms with van der Waals surface area (Å²) in [5.74, 6) is -2.06. The Morgan fingerprint density at radius 3 is 2.59 bits per heavy atom. The summed E-state index contributed by atoms with van der Waals surface area (Å²) in [5.41, 5.74) is 0.326. The van der Waals surface area contributed by atoms with Crippen molar-refractivity contribution in [3.05, 3.63) is 34.6 Å². The molecule has 92 valence electrons. The van der Waals surface area contributed by atoms with Gasteiger partial charge in [0.25, 0.3) is 0 Å². The number of carboxylic acids is 1. The van der Waals surface area contributed by atoms with E-state index in [9.17, 15) is 14.0 Å². The molecule has 2 N–H and O–H groups in total. The lowest BCUT2D eigenvalue weighted by atomic mass is 10.0. The molecule has 1 amide bonds.